The third-order valence-electron chi connectivity index (χ3n) is 7.00. The lowest BCUT2D eigenvalue weighted by Crippen LogP contribution is -2.38. The number of nitrogens with zero attached hydrogens (tertiary/aromatic N) is 3. The van der Waals surface area contributed by atoms with Crippen LogP contribution in [0, 0.1) is 0 Å². The first-order chi connectivity index (χ1) is 18.1. The number of nitrogens with two attached hydrogens (primary N) is 1. The van der Waals surface area contributed by atoms with Gasteiger partial charge in [0.15, 0.2) is 0 Å². The summed E-state index contributed by atoms with van der Waals surface area (Å²) < 4.78 is 11.8. The quantitative estimate of drug-likeness (QED) is 0.315. The average Bonchev–Trinajstić information content (AvgIpc) is 2.94. The minimum Gasteiger partial charge on any atom is -0.492 e. The van der Waals surface area contributed by atoms with Gasteiger partial charge in [-0.05, 0) is 36.1 Å². The zero-order chi connectivity index (χ0) is 26.0. The molecule has 6 heteroatoms. The number of hydrogen-bond donors (Lipinski definition) is 1. The van der Waals surface area contributed by atoms with Crippen LogP contribution in [-0.2, 0) is 4.74 Å². The van der Waals surface area contributed by atoms with Crippen LogP contribution < -0.4 is 15.4 Å². The molecule has 1 saturated heterocycles. The van der Waals surface area contributed by atoms with Gasteiger partial charge in [0.2, 0.25) is 0 Å². The number of aromatic nitrogens is 1. The Bertz CT molecular complexity index is 1110. The standard InChI is InChI=1S/C31H42N4O2/c1-4-13-35(14-5-2)31-23-27(37-20-17-34-15-18-36-19-16-34)22-30(33-31)24(3)26-11-12-29(32)28(21-26)25-9-7-6-8-10-25/h6-12,21-24H,4-5,13-20,32H2,1-3H3. The summed E-state index contributed by atoms with van der Waals surface area (Å²) in [6.45, 7) is 13.7. The number of ether oxygens (including phenoxy) is 2. The molecule has 1 unspecified atom stereocenters. The van der Waals surface area contributed by atoms with Crippen LogP contribution in [-0.4, -0.2) is 62.4 Å². The van der Waals surface area contributed by atoms with Crippen LogP contribution >= 0.6 is 0 Å². The van der Waals surface area contributed by atoms with Crippen LogP contribution in [0.4, 0.5) is 11.5 Å². The first-order valence-electron chi connectivity index (χ1n) is 13.7. The molecule has 0 amide bonds. The van der Waals surface area contributed by atoms with Gasteiger partial charge in [0.05, 0.1) is 18.9 Å². The second-order valence-corrected chi connectivity index (χ2v) is 9.81. The van der Waals surface area contributed by atoms with Crippen molar-refractivity contribution in [1.82, 2.24) is 9.88 Å². The van der Waals surface area contributed by atoms with E-state index in [1.54, 1.807) is 0 Å². The van der Waals surface area contributed by atoms with E-state index in [1.165, 1.54) is 5.56 Å². The lowest BCUT2D eigenvalue weighted by atomic mass is 9.92. The molecule has 1 fully saturated rings. The summed E-state index contributed by atoms with van der Waals surface area (Å²) in [5, 5.41) is 0. The number of nitrogen functional groups attached to an aromatic ring is 1. The van der Waals surface area contributed by atoms with Gasteiger partial charge in [-0.15, -0.1) is 0 Å². The summed E-state index contributed by atoms with van der Waals surface area (Å²) >= 11 is 0. The zero-order valence-corrected chi connectivity index (χ0v) is 22.7. The summed E-state index contributed by atoms with van der Waals surface area (Å²) in [4.78, 5) is 9.93. The second-order valence-electron chi connectivity index (χ2n) is 9.81. The molecule has 1 aliphatic heterocycles. The Balaban J connectivity index is 1.61. The molecule has 1 aliphatic rings. The SMILES string of the molecule is CCCN(CCC)c1cc(OCCN2CCOCC2)cc(C(C)c2ccc(N)c(-c3ccccc3)c2)n1. The molecule has 2 heterocycles. The molecule has 0 spiro atoms. The highest BCUT2D eigenvalue weighted by Gasteiger charge is 2.18. The van der Waals surface area contributed by atoms with Crippen molar-refractivity contribution in [2.75, 3.05) is 63.2 Å². The normalized spacial score (nSPS) is 14.9. The molecule has 0 aliphatic carbocycles. The number of benzene rings is 2. The molecule has 37 heavy (non-hydrogen) atoms. The van der Waals surface area contributed by atoms with Crippen LogP contribution in [0.25, 0.3) is 11.1 Å². The van der Waals surface area contributed by atoms with Crippen LogP contribution in [0.5, 0.6) is 5.75 Å². The Morgan fingerprint density at radius 2 is 1.73 bits per heavy atom. The van der Waals surface area contributed by atoms with E-state index >= 15 is 0 Å². The summed E-state index contributed by atoms with van der Waals surface area (Å²) in [5.41, 5.74) is 11.5. The number of pyridine rings is 1. The van der Waals surface area contributed by atoms with Gasteiger partial charge in [0.25, 0.3) is 0 Å². The monoisotopic (exact) mass is 502 g/mol. The predicted molar refractivity (Wildman–Crippen MR) is 154 cm³/mol. The third kappa shape index (κ3) is 7.24. The fourth-order valence-electron chi connectivity index (χ4n) is 4.86. The van der Waals surface area contributed by atoms with E-state index in [9.17, 15) is 0 Å². The van der Waals surface area contributed by atoms with Crippen LogP contribution in [0.3, 0.4) is 0 Å². The summed E-state index contributed by atoms with van der Waals surface area (Å²) in [6.07, 6.45) is 2.15. The van der Waals surface area contributed by atoms with Gasteiger partial charge in [0.1, 0.15) is 18.2 Å². The number of hydrogen-bond acceptors (Lipinski definition) is 6. The van der Waals surface area contributed by atoms with Crippen molar-refractivity contribution in [3.63, 3.8) is 0 Å². The molecule has 2 N–H and O–H groups in total. The van der Waals surface area contributed by atoms with Crippen molar-refractivity contribution in [1.29, 1.82) is 0 Å². The Morgan fingerprint density at radius 1 is 1.00 bits per heavy atom. The fourth-order valence-corrected chi connectivity index (χ4v) is 4.86. The molecule has 1 aromatic heterocycles. The maximum atomic E-state index is 6.38. The number of rotatable bonds is 12. The van der Waals surface area contributed by atoms with Crippen molar-refractivity contribution in [2.24, 2.45) is 0 Å². The predicted octanol–water partition coefficient (Wildman–Crippen LogP) is 5.82. The third-order valence-corrected chi connectivity index (χ3v) is 7.00. The largest absolute Gasteiger partial charge is 0.492 e. The van der Waals surface area contributed by atoms with Crippen molar-refractivity contribution in [3.05, 3.63) is 71.9 Å². The highest BCUT2D eigenvalue weighted by Crippen LogP contribution is 2.34. The molecule has 3 aromatic rings. The summed E-state index contributed by atoms with van der Waals surface area (Å²) in [7, 11) is 0. The Kier molecular flexibility index (Phi) is 9.80. The molecule has 6 nitrogen and oxygen atoms in total. The summed E-state index contributed by atoms with van der Waals surface area (Å²) in [5.74, 6) is 1.97. The topological polar surface area (TPSA) is 63.9 Å². The van der Waals surface area contributed by atoms with E-state index in [1.807, 2.05) is 24.3 Å². The first-order valence-corrected chi connectivity index (χ1v) is 13.7. The zero-order valence-electron chi connectivity index (χ0n) is 22.7. The number of morpholine rings is 1. The summed E-state index contributed by atoms with van der Waals surface area (Å²) in [6, 6.07) is 20.9. The maximum Gasteiger partial charge on any atom is 0.132 e. The van der Waals surface area contributed by atoms with E-state index in [0.29, 0.717) is 6.61 Å². The Morgan fingerprint density at radius 3 is 2.43 bits per heavy atom. The first kappa shape index (κ1) is 27.0. The minimum absolute atomic E-state index is 0.0923. The van der Waals surface area contributed by atoms with Gasteiger partial charge < -0.3 is 20.1 Å². The molecular formula is C31H42N4O2. The van der Waals surface area contributed by atoms with Crippen LogP contribution in [0.2, 0.25) is 0 Å². The van der Waals surface area contributed by atoms with E-state index in [4.69, 9.17) is 20.2 Å². The average molecular weight is 503 g/mol. The lowest BCUT2D eigenvalue weighted by Gasteiger charge is -2.27. The van der Waals surface area contributed by atoms with Crippen molar-refractivity contribution in [2.45, 2.75) is 39.5 Å². The molecule has 1 atom stereocenters. The second kappa shape index (κ2) is 13.5. The van der Waals surface area contributed by atoms with Crippen molar-refractivity contribution in [3.8, 4) is 16.9 Å². The van der Waals surface area contributed by atoms with Gasteiger partial charge in [-0.25, -0.2) is 4.98 Å². The molecule has 0 bridgehead atoms. The number of anilines is 2. The molecule has 2 aromatic carbocycles. The van der Waals surface area contributed by atoms with Gasteiger partial charge in [0, 0.05) is 62.0 Å². The molecule has 4 rings (SSSR count). The van der Waals surface area contributed by atoms with E-state index < -0.39 is 0 Å². The maximum absolute atomic E-state index is 6.38. The van der Waals surface area contributed by atoms with E-state index in [-0.39, 0.29) is 5.92 Å². The molecular weight excluding hydrogens is 460 g/mol. The van der Waals surface area contributed by atoms with Crippen LogP contribution in [0.15, 0.2) is 60.7 Å². The van der Waals surface area contributed by atoms with Gasteiger partial charge >= 0.3 is 0 Å². The molecule has 0 saturated carbocycles. The van der Waals surface area contributed by atoms with Crippen molar-refractivity contribution < 1.29 is 9.47 Å². The highest BCUT2D eigenvalue weighted by molar-refractivity contribution is 5.77. The van der Waals surface area contributed by atoms with Gasteiger partial charge in [-0.1, -0.05) is 57.2 Å². The fraction of sp³-hybridized carbons (Fsp3) is 0.452. The van der Waals surface area contributed by atoms with E-state index in [0.717, 1.165) is 92.9 Å². The minimum atomic E-state index is 0.0923. The van der Waals surface area contributed by atoms with Gasteiger partial charge in [-0.2, -0.15) is 0 Å². The molecule has 0 radical (unpaired) electrons. The van der Waals surface area contributed by atoms with Crippen LogP contribution in [0.1, 0.15) is 50.8 Å². The smallest absolute Gasteiger partial charge is 0.132 e. The van der Waals surface area contributed by atoms with E-state index in [2.05, 4.69) is 67.0 Å². The lowest BCUT2D eigenvalue weighted by molar-refractivity contribution is 0.0322. The van der Waals surface area contributed by atoms with Gasteiger partial charge in [-0.3, -0.25) is 4.90 Å². The Labute approximate surface area is 222 Å². The highest BCUT2D eigenvalue weighted by atomic mass is 16.5. The Hall–Kier alpha value is -3.09. The molecule has 198 valence electrons. The van der Waals surface area contributed by atoms with Crippen molar-refractivity contribution >= 4 is 11.5 Å².